The number of ether oxygens (including phenoxy) is 1. The number of nitrogens with one attached hydrogen (secondary N) is 1. The maximum atomic E-state index is 13.2. The SMILES string of the molecule is COC(=O)c1ccc(N2CCC(C(=O)Nc3ccc(F)c(Cl)c3)CC2)nn1. The van der Waals surface area contributed by atoms with Gasteiger partial charge in [0.15, 0.2) is 11.5 Å². The molecule has 1 fully saturated rings. The molecule has 9 heteroatoms. The molecule has 0 bridgehead atoms. The van der Waals surface area contributed by atoms with Crippen molar-refractivity contribution in [3.05, 3.63) is 46.9 Å². The summed E-state index contributed by atoms with van der Waals surface area (Å²) in [5, 5.41) is 10.7. The van der Waals surface area contributed by atoms with Crippen molar-refractivity contribution < 1.29 is 18.7 Å². The number of piperidine rings is 1. The van der Waals surface area contributed by atoms with Crippen LogP contribution in [-0.4, -0.2) is 42.3 Å². The highest BCUT2D eigenvalue weighted by Gasteiger charge is 2.26. The lowest BCUT2D eigenvalue weighted by Crippen LogP contribution is -2.38. The Kier molecular flexibility index (Phi) is 5.85. The summed E-state index contributed by atoms with van der Waals surface area (Å²) in [5.41, 5.74) is 0.617. The predicted octanol–water partition coefficient (Wildman–Crippen LogP) is 2.91. The number of esters is 1. The zero-order valence-corrected chi connectivity index (χ0v) is 15.4. The highest BCUT2D eigenvalue weighted by atomic mass is 35.5. The van der Waals surface area contributed by atoms with Gasteiger partial charge in [-0.2, -0.15) is 0 Å². The van der Waals surface area contributed by atoms with Crippen LogP contribution in [0.1, 0.15) is 23.3 Å². The molecule has 0 radical (unpaired) electrons. The van der Waals surface area contributed by atoms with Crippen molar-refractivity contribution in [2.45, 2.75) is 12.8 Å². The lowest BCUT2D eigenvalue weighted by atomic mass is 9.96. The summed E-state index contributed by atoms with van der Waals surface area (Å²) in [6.07, 6.45) is 1.28. The van der Waals surface area contributed by atoms with Crippen LogP contribution in [0.2, 0.25) is 5.02 Å². The molecular formula is C18H18ClFN4O3. The van der Waals surface area contributed by atoms with Crippen LogP contribution in [0.3, 0.4) is 0 Å². The first-order valence-electron chi connectivity index (χ1n) is 8.41. The highest BCUT2D eigenvalue weighted by Crippen LogP contribution is 2.24. The molecule has 0 spiro atoms. The molecule has 1 aliphatic rings. The molecule has 1 N–H and O–H groups in total. The van der Waals surface area contributed by atoms with Gasteiger partial charge in [0, 0.05) is 24.7 Å². The maximum Gasteiger partial charge on any atom is 0.358 e. The van der Waals surface area contributed by atoms with Gasteiger partial charge in [-0.1, -0.05) is 11.6 Å². The molecule has 0 aliphatic carbocycles. The van der Waals surface area contributed by atoms with Crippen LogP contribution in [0.15, 0.2) is 30.3 Å². The van der Waals surface area contributed by atoms with Crippen LogP contribution >= 0.6 is 11.6 Å². The van der Waals surface area contributed by atoms with Gasteiger partial charge >= 0.3 is 5.97 Å². The fourth-order valence-corrected chi connectivity index (χ4v) is 3.08. The van der Waals surface area contributed by atoms with Gasteiger partial charge in [-0.15, -0.1) is 10.2 Å². The molecule has 1 aromatic heterocycles. The third-order valence-electron chi connectivity index (χ3n) is 4.42. The Balaban J connectivity index is 1.55. The summed E-state index contributed by atoms with van der Waals surface area (Å²) in [6, 6.07) is 7.36. The quantitative estimate of drug-likeness (QED) is 0.805. The van der Waals surface area contributed by atoms with Crippen molar-refractivity contribution >= 4 is 35.0 Å². The summed E-state index contributed by atoms with van der Waals surface area (Å²) < 4.78 is 17.8. The van der Waals surface area contributed by atoms with Crippen LogP contribution in [0.5, 0.6) is 0 Å². The molecule has 0 unspecified atom stereocenters. The normalized spacial score (nSPS) is 14.7. The minimum absolute atomic E-state index is 0.0309. The van der Waals surface area contributed by atoms with E-state index in [9.17, 15) is 14.0 Å². The second-order valence-corrected chi connectivity index (χ2v) is 6.56. The first-order valence-corrected chi connectivity index (χ1v) is 8.78. The second-order valence-electron chi connectivity index (χ2n) is 6.15. The number of carbonyl (C=O) groups excluding carboxylic acids is 2. The number of amides is 1. The van der Waals surface area contributed by atoms with Crippen molar-refractivity contribution in [1.29, 1.82) is 0 Å². The maximum absolute atomic E-state index is 13.2. The number of carbonyl (C=O) groups is 2. The topological polar surface area (TPSA) is 84.4 Å². The molecule has 142 valence electrons. The Morgan fingerprint density at radius 2 is 1.96 bits per heavy atom. The first-order chi connectivity index (χ1) is 13.0. The number of aromatic nitrogens is 2. The van der Waals surface area contributed by atoms with Crippen molar-refractivity contribution in [2.24, 2.45) is 5.92 Å². The number of benzene rings is 1. The zero-order valence-electron chi connectivity index (χ0n) is 14.6. The van der Waals surface area contributed by atoms with E-state index in [1.54, 1.807) is 12.1 Å². The van der Waals surface area contributed by atoms with E-state index < -0.39 is 11.8 Å². The van der Waals surface area contributed by atoms with Crippen LogP contribution < -0.4 is 10.2 Å². The van der Waals surface area contributed by atoms with Crippen molar-refractivity contribution in [3.8, 4) is 0 Å². The van der Waals surface area contributed by atoms with Gasteiger partial charge in [-0.3, -0.25) is 4.79 Å². The average molecular weight is 393 g/mol. The molecule has 7 nitrogen and oxygen atoms in total. The van der Waals surface area contributed by atoms with Gasteiger partial charge in [0.25, 0.3) is 0 Å². The Hall–Kier alpha value is -2.74. The standard InChI is InChI=1S/C18H18ClFN4O3/c1-27-18(26)15-4-5-16(23-22-15)24-8-6-11(7-9-24)17(25)21-12-2-3-14(20)13(19)10-12/h2-5,10-11H,6-9H2,1H3,(H,21,25). The van der Waals surface area contributed by atoms with Crippen molar-refractivity contribution in [3.63, 3.8) is 0 Å². The molecule has 1 saturated heterocycles. The summed E-state index contributed by atoms with van der Waals surface area (Å²) in [5.74, 6) is -0.698. The highest BCUT2D eigenvalue weighted by molar-refractivity contribution is 6.31. The van der Waals surface area contributed by atoms with Gasteiger partial charge in [0.1, 0.15) is 5.82 Å². The third kappa shape index (κ3) is 4.51. The molecule has 1 amide bonds. The summed E-state index contributed by atoms with van der Waals surface area (Å²) in [7, 11) is 1.29. The fourth-order valence-electron chi connectivity index (χ4n) is 2.90. The second kappa shape index (κ2) is 8.30. The van der Waals surface area contributed by atoms with Gasteiger partial charge in [-0.05, 0) is 43.2 Å². The van der Waals surface area contributed by atoms with E-state index in [1.807, 2.05) is 4.90 Å². The largest absolute Gasteiger partial charge is 0.464 e. The van der Waals surface area contributed by atoms with Crippen LogP contribution in [-0.2, 0) is 9.53 Å². The van der Waals surface area contributed by atoms with Gasteiger partial charge < -0.3 is 15.0 Å². The van der Waals surface area contributed by atoms with Crippen molar-refractivity contribution in [2.75, 3.05) is 30.4 Å². The fraction of sp³-hybridized carbons (Fsp3) is 0.333. The van der Waals surface area contributed by atoms with Crippen LogP contribution in [0.25, 0.3) is 0 Å². The molecular weight excluding hydrogens is 375 g/mol. The molecule has 1 aromatic carbocycles. The number of rotatable bonds is 4. The van der Waals surface area contributed by atoms with Gasteiger partial charge in [0.2, 0.25) is 5.91 Å². The Morgan fingerprint density at radius 3 is 2.56 bits per heavy atom. The van der Waals surface area contributed by atoms with Gasteiger partial charge in [0.05, 0.1) is 12.1 Å². The number of halogens is 2. The minimum atomic E-state index is -0.537. The number of anilines is 2. The molecule has 2 aromatic rings. The first kappa shape index (κ1) is 19.0. The molecule has 2 heterocycles. The Bertz CT molecular complexity index is 839. The van der Waals surface area contributed by atoms with E-state index in [1.165, 1.54) is 25.3 Å². The van der Waals surface area contributed by atoms with Gasteiger partial charge in [-0.25, -0.2) is 9.18 Å². The number of hydrogen-bond donors (Lipinski definition) is 1. The molecule has 1 aliphatic heterocycles. The molecule has 27 heavy (non-hydrogen) atoms. The summed E-state index contributed by atoms with van der Waals surface area (Å²) in [6.45, 7) is 1.27. The third-order valence-corrected chi connectivity index (χ3v) is 4.71. The summed E-state index contributed by atoms with van der Waals surface area (Å²) in [4.78, 5) is 25.8. The molecule has 3 rings (SSSR count). The molecule has 0 atom stereocenters. The smallest absolute Gasteiger partial charge is 0.358 e. The lowest BCUT2D eigenvalue weighted by Gasteiger charge is -2.31. The van der Waals surface area contributed by atoms with Crippen LogP contribution in [0.4, 0.5) is 15.9 Å². The number of methoxy groups -OCH3 is 1. The predicted molar refractivity (Wildman–Crippen MR) is 98.3 cm³/mol. The van der Waals surface area contributed by atoms with E-state index in [4.69, 9.17) is 11.6 Å². The minimum Gasteiger partial charge on any atom is -0.464 e. The Labute approximate surface area is 160 Å². The lowest BCUT2D eigenvalue weighted by molar-refractivity contribution is -0.120. The van der Waals surface area contributed by atoms with E-state index in [0.29, 0.717) is 37.4 Å². The van der Waals surface area contributed by atoms with Crippen molar-refractivity contribution in [1.82, 2.24) is 10.2 Å². The number of hydrogen-bond acceptors (Lipinski definition) is 6. The monoisotopic (exact) mass is 392 g/mol. The van der Waals surface area contributed by atoms with E-state index in [2.05, 4.69) is 20.3 Å². The van der Waals surface area contributed by atoms with E-state index in [0.717, 1.165) is 0 Å². The average Bonchev–Trinajstić information content (AvgIpc) is 2.70. The number of nitrogens with zero attached hydrogens (tertiary/aromatic N) is 3. The zero-order chi connectivity index (χ0) is 19.4. The summed E-state index contributed by atoms with van der Waals surface area (Å²) >= 11 is 5.74. The van der Waals surface area contributed by atoms with E-state index >= 15 is 0 Å². The van der Waals surface area contributed by atoms with E-state index in [-0.39, 0.29) is 22.5 Å². The van der Waals surface area contributed by atoms with Crippen LogP contribution in [0, 0.1) is 11.7 Å². The Morgan fingerprint density at radius 1 is 1.22 bits per heavy atom. The molecule has 0 saturated carbocycles.